The smallest absolute Gasteiger partial charge is 0.308 e. The van der Waals surface area contributed by atoms with Gasteiger partial charge < -0.3 is 9.64 Å². The average molecular weight is 404 g/mol. The molecule has 1 aromatic carbocycles. The lowest BCUT2D eigenvalue weighted by molar-refractivity contribution is -0.149. The standard InChI is InChI=1S/C17H22F2N2O5S/c1-11(16(22)20-8-6-12(7-9-20)17(23)26-2)21(27(3,24)25)13-4-5-14(18)15(19)10-13/h4-5,10-12H,6-9H2,1-3H3/t11-/m1/s1. The number of hydrogen-bond donors (Lipinski definition) is 0. The van der Waals surface area contributed by atoms with Gasteiger partial charge >= 0.3 is 5.97 Å². The third kappa shape index (κ3) is 4.74. The van der Waals surface area contributed by atoms with E-state index in [1.807, 2.05) is 0 Å². The molecule has 0 aliphatic carbocycles. The molecule has 10 heteroatoms. The number of piperidine rings is 1. The summed E-state index contributed by atoms with van der Waals surface area (Å²) in [5.41, 5.74) is -0.137. The van der Waals surface area contributed by atoms with Crippen molar-refractivity contribution in [2.45, 2.75) is 25.8 Å². The fourth-order valence-corrected chi connectivity index (χ4v) is 4.35. The molecule has 0 N–H and O–H groups in total. The number of hydrogen-bond acceptors (Lipinski definition) is 5. The number of ether oxygens (including phenoxy) is 1. The first kappa shape index (κ1) is 21.1. The molecule has 1 heterocycles. The van der Waals surface area contributed by atoms with Gasteiger partial charge in [-0.2, -0.15) is 0 Å². The normalized spacial score (nSPS) is 16.7. The minimum atomic E-state index is -3.94. The number of likely N-dealkylation sites (tertiary alicyclic amines) is 1. The van der Waals surface area contributed by atoms with Crippen LogP contribution < -0.4 is 4.31 Å². The Morgan fingerprint density at radius 2 is 1.81 bits per heavy atom. The van der Waals surface area contributed by atoms with E-state index >= 15 is 0 Å². The van der Waals surface area contributed by atoms with Gasteiger partial charge in [0.05, 0.1) is 25.0 Å². The maximum Gasteiger partial charge on any atom is 0.308 e. The van der Waals surface area contributed by atoms with Crippen molar-refractivity contribution in [2.24, 2.45) is 5.92 Å². The molecule has 1 aromatic rings. The molecule has 1 fully saturated rings. The van der Waals surface area contributed by atoms with E-state index < -0.39 is 33.6 Å². The summed E-state index contributed by atoms with van der Waals surface area (Å²) >= 11 is 0. The molecule has 0 unspecified atom stereocenters. The van der Waals surface area contributed by atoms with Crippen LogP contribution >= 0.6 is 0 Å². The Bertz CT molecular complexity index is 823. The fraction of sp³-hybridized carbons (Fsp3) is 0.529. The van der Waals surface area contributed by atoms with Crippen LogP contribution in [0, 0.1) is 17.6 Å². The van der Waals surface area contributed by atoms with Crippen molar-refractivity contribution in [2.75, 3.05) is 30.8 Å². The van der Waals surface area contributed by atoms with Crippen LogP contribution in [-0.2, 0) is 24.3 Å². The van der Waals surface area contributed by atoms with Crippen molar-refractivity contribution in [3.05, 3.63) is 29.8 Å². The highest BCUT2D eigenvalue weighted by molar-refractivity contribution is 7.92. The summed E-state index contributed by atoms with van der Waals surface area (Å²) in [5.74, 6) is -3.44. The van der Waals surface area contributed by atoms with Crippen LogP contribution in [0.15, 0.2) is 18.2 Å². The van der Waals surface area contributed by atoms with Gasteiger partial charge in [0.1, 0.15) is 6.04 Å². The number of nitrogens with zero attached hydrogens (tertiary/aromatic N) is 2. The minimum Gasteiger partial charge on any atom is -0.469 e. The van der Waals surface area contributed by atoms with E-state index in [1.54, 1.807) is 0 Å². The molecule has 1 saturated heterocycles. The van der Waals surface area contributed by atoms with Crippen molar-refractivity contribution in [3.63, 3.8) is 0 Å². The van der Waals surface area contributed by atoms with Gasteiger partial charge in [0.2, 0.25) is 15.9 Å². The SMILES string of the molecule is COC(=O)C1CCN(C(=O)[C@@H](C)N(c2ccc(F)c(F)c2)S(C)(=O)=O)CC1. The lowest BCUT2D eigenvalue weighted by Gasteiger charge is -2.36. The second-order valence-electron chi connectivity index (χ2n) is 6.46. The molecule has 0 aromatic heterocycles. The molecule has 0 bridgehead atoms. The fourth-order valence-electron chi connectivity index (χ4n) is 3.19. The summed E-state index contributed by atoms with van der Waals surface area (Å²) < 4.78 is 56.6. The van der Waals surface area contributed by atoms with Gasteiger partial charge in [0, 0.05) is 19.2 Å². The molecule has 27 heavy (non-hydrogen) atoms. The molecule has 2 rings (SSSR count). The average Bonchev–Trinajstić information content (AvgIpc) is 2.62. The number of carbonyl (C=O) groups is 2. The van der Waals surface area contributed by atoms with Crippen LogP contribution in [0.1, 0.15) is 19.8 Å². The second kappa shape index (κ2) is 8.20. The monoisotopic (exact) mass is 404 g/mol. The Kier molecular flexibility index (Phi) is 6.40. The lowest BCUT2D eigenvalue weighted by atomic mass is 9.96. The highest BCUT2D eigenvalue weighted by atomic mass is 32.2. The van der Waals surface area contributed by atoms with E-state index in [-0.39, 0.29) is 30.7 Å². The third-order valence-electron chi connectivity index (χ3n) is 4.57. The van der Waals surface area contributed by atoms with Crippen molar-refractivity contribution >= 4 is 27.6 Å². The van der Waals surface area contributed by atoms with Gasteiger partial charge in [-0.1, -0.05) is 0 Å². The predicted octanol–water partition coefficient (Wildman–Crippen LogP) is 1.53. The van der Waals surface area contributed by atoms with Gasteiger partial charge in [-0.15, -0.1) is 0 Å². The van der Waals surface area contributed by atoms with Crippen LogP contribution in [0.3, 0.4) is 0 Å². The number of anilines is 1. The van der Waals surface area contributed by atoms with E-state index in [2.05, 4.69) is 0 Å². The maximum atomic E-state index is 13.6. The quantitative estimate of drug-likeness (QED) is 0.695. The molecule has 150 valence electrons. The molecule has 1 atom stereocenters. The molecule has 0 radical (unpaired) electrons. The Labute approximate surface area is 156 Å². The molecule has 0 saturated carbocycles. The van der Waals surface area contributed by atoms with Crippen LogP contribution in [-0.4, -0.2) is 57.7 Å². The Hall–Kier alpha value is -2.23. The first-order chi connectivity index (χ1) is 12.6. The van der Waals surface area contributed by atoms with Gasteiger partial charge in [-0.3, -0.25) is 13.9 Å². The van der Waals surface area contributed by atoms with Gasteiger partial charge in [-0.05, 0) is 31.9 Å². The first-order valence-corrected chi connectivity index (χ1v) is 10.2. The zero-order valence-electron chi connectivity index (χ0n) is 15.3. The Balaban J connectivity index is 2.21. The predicted molar refractivity (Wildman–Crippen MR) is 94.5 cm³/mol. The summed E-state index contributed by atoms with van der Waals surface area (Å²) in [6.45, 7) is 1.94. The Morgan fingerprint density at radius 1 is 1.22 bits per heavy atom. The third-order valence-corrected chi connectivity index (χ3v) is 5.81. The van der Waals surface area contributed by atoms with Gasteiger partial charge in [0.15, 0.2) is 11.6 Å². The second-order valence-corrected chi connectivity index (χ2v) is 8.32. The summed E-state index contributed by atoms with van der Waals surface area (Å²) in [6.07, 6.45) is 1.71. The van der Waals surface area contributed by atoms with E-state index in [9.17, 15) is 26.8 Å². The van der Waals surface area contributed by atoms with Crippen LogP contribution in [0.25, 0.3) is 0 Å². The van der Waals surface area contributed by atoms with Crippen LogP contribution in [0.4, 0.5) is 14.5 Å². The number of methoxy groups -OCH3 is 1. The maximum absolute atomic E-state index is 13.6. The van der Waals surface area contributed by atoms with Crippen LogP contribution in [0.5, 0.6) is 0 Å². The highest BCUT2D eigenvalue weighted by Crippen LogP contribution is 2.25. The van der Waals surface area contributed by atoms with Crippen molar-refractivity contribution in [1.82, 2.24) is 4.90 Å². The van der Waals surface area contributed by atoms with Crippen molar-refractivity contribution in [1.29, 1.82) is 0 Å². The molecule has 0 spiro atoms. The van der Waals surface area contributed by atoms with Crippen molar-refractivity contribution < 1.29 is 31.5 Å². The van der Waals surface area contributed by atoms with Gasteiger partial charge in [-0.25, -0.2) is 17.2 Å². The topological polar surface area (TPSA) is 84.0 Å². The minimum absolute atomic E-state index is 0.137. The highest BCUT2D eigenvalue weighted by Gasteiger charge is 2.35. The zero-order valence-corrected chi connectivity index (χ0v) is 16.1. The number of benzene rings is 1. The molecule has 1 amide bonds. The van der Waals surface area contributed by atoms with Crippen LogP contribution in [0.2, 0.25) is 0 Å². The van der Waals surface area contributed by atoms with E-state index in [0.717, 1.165) is 28.8 Å². The first-order valence-electron chi connectivity index (χ1n) is 8.37. The Morgan fingerprint density at radius 3 is 2.30 bits per heavy atom. The number of sulfonamides is 1. The summed E-state index contributed by atoms with van der Waals surface area (Å²) in [6, 6.07) is 1.50. The molecule has 1 aliphatic rings. The number of carbonyl (C=O) groups excluding carboxylic acids is 2. The summed E-state index contributed by atoms with van der Waals surface area (Å²) in [5, 5.41) is 0. The molecular formula is C17H22F2N2O5S. The summed E-state index contributed by atoms with van der Waals surface area (Å²) in [7, 11) is -2.64. The summed E-state index contributed by atoms with van der Waals surface area (Å²) in [4.78, 5) is 25.8. The number of amides is 1. The van der Waals surface area contributed by atoms with E-state index in [1.165, 1.54) is 18.9 Å². The zero-order chi connectivity index (χ0) is 20.4. The number of esters is 1. The van der Waals surface area contributed by atoms with Crippen molar-refractivity contribution in [3.8, 4) is 0 Å². The van der Waals surface area contributed by atoms with E-state index in [4.69, 9.17) is 4.74 Å². The largest absolute Gasteiger partial charge is 0.469 e. The van der Waals surface area contributed by atoms with Gasteiger partial charge in [0.25, 0.3) is 0 Å². The van der Waals surface area contributed by atoms with E-state index in [0.29, 0.717) is 12.8 Å². The number of rotatable bonds is 5. The molecular weight excluding hydrogens is 382 g/mol. The number of halogens is 2. The lowest BCUT2D eigenvalue weighted by Crippen LogP contribution is -2.51. The molecule has 7 nitrogen and oxygen atoms in total. The molecule has 1 aliphatic heterocycles.